The summed E-state index contributed by atoms with van der Waals surface area (Å²) in [5.41, 5.74) is 1.97. The standard InChI is InChI=1S/C27H29FO2/c1-4-29-23-16-14-22(15-17-23)27(20(2)3)26(28)18-13-21-9-8-12-25(19-21)30-24-10-6-5-7-11-24/h5-12,14-20,27H,4,13H2,1-3H3/t27-/m1/s1. The number of allylic oxidation sites excluding steroid dienone is 2. The third kappa shape index (κ3) is 5.96. The van der Waals surface area contributed by atoms with Crippen molar-refractivity contribution in [2.45, 2.75) is 33.1 Å². The van der Waals surface area contributed by atoms with E-state index in [0.717, 1.165) is 28.4 Å². The van der Waals surface area contributed by atoms with Crippen LogP contribution >= 0.6 is 0 Å². The van der Waals surface area contributed by atoms with E-state index >= 15 is 4.39 Å². The highest BCUT2D eigenvalue weighted by Gasteiger charge is 2.21. The number of benzene rings is 3. The third-order valence-electron chi connectivity index (χ3n) is 4.92. The predicted octanol–water partition coefficient (Wildman–Crippen LogP) is 7.71. The van der Waals surface area contributed by atoms with Gasteiger partial charge < -0.3 is 9.47 Å². The lowest BCUT2D eigenvalue weighted by Crippen LogP contribution is -2.08. The van der Waals surface area contributed by atoms with Crippen LogP contribution in [0.2, 0.25) is 0 Å². The number of halogens is 1. The van der Waals surface area contributed by atoms with Gasteiger partial charge in [-0.05, 0) is 72.9 Å². The Bertz CT molecular complexity index is 946. The molecule has 30 heavy (non-hydrogen) atoms. The van der Waals surface area contributed by atoms with Crippen molar-refractivity contribution in [3.63, 3.8) is 0 Å². The fourth-order valence-electron chi connectivity index (χ4n) is 3.50. The lowest BCUT2D eigenvalue weighted by molar-refractivity contribution is 0.340. The highest BCUT2D eigenvalue weighted by molar-refractivity contribution is 5.36. The van der Waals surface area contributed by atoms with Crippen LogP contribution in [0.1, 0.15) is 37.8 Å². The van der Waals surface area contributed by atoms with Gasteiger partial charge in [-0.25, -0.2) is 4.39 Å². The molecular formula is C27H29FO2. The Morgan fingerprint density at radius 2 is 1.57 bits per heavy atom. The van der Waals surface area contributed by atoms with Crippen molar-refractivity contribution < 1.29 is 13.9 Å². The topological polar surface area (TPSA) is 18.5 Å². The molecule has 0 N–H and O–H groups in total. The van der Waals surface area contributed by atoms with E-state index in [2.05, 4.69) is 0 Å². The molecule has 3 rings (SSSR count). The van der Waals surface area contributed by atoms with E-state index in [-0.39, 0.29) is 17.7 Å². The first kappa shape index (κ1) is 21.6. The van der Waals surface area contributed by atoms with Crippen LogP contribution in [0.25, 0.3) is 0 Å². The lowest BCUT2D eigenvalue weighted by Gasteiger charge is -2.20. The first-order valence-corrected chi connectivity index (χ1v) is 10.5. The third-order valence-corrected chi connectivity index (χ3v) is 4.92. The van der Waals surface area contributed by atoms with Gasteiger partial charge in [0.15, 0.2) is 0 Å². The van der Waals surface area contributed by atoms with Gasteiger partial charge in [0.2, 0.25) is 0 Å². The molecule has 2 nitrogen and oxygen atoms in total. The van der Waals surface area contributed by atoms with Crippen LogP contribution in [0, 0.1) is 5.92 Å². The van der Waals surface area contributed by atoms with Gasteiger partial charge in [-0.2, -0.15) is 0 Å². The Labute approximate surface area is 179 Å². The molecule has 0 bridgehead atoms. The first-order valence-electron chi connectivity index (χ1n) is 10.5. The van der Waals surface area contributed by atoms with Crippen molar-refractivity contribution in [2.75, 3.05) is 6.61 Å². The van der Waals surface area contributed by atoms with Crippen LogP contribution in [-0.2, 0) is 6.42 Å². The van der Waals surface area contributed by atoms with E-state index in [0.29, 0.717) is 13.0 Å². The molecule has 0 fully saturated rings. The maximum Gasteiger partial charge on any atom is 0.127 e. The van der Waals surface area contributed by atoms with E-state index in [1.807, 2.05) is 99.6 Å². The number of ether oxygens (including phenoxy) is 2. The van der Waals surface area contributed by atoms with Crippen molar-refractivity contribution in [3.05, 3.63) is 102 Å². The smallest absolute Gasteiger partial charge is 0.127 e. The Balaban J connectivity index is 1.72. The first-order chi connectivity index (χ1) is 14.6. The highest BCUT2D eigenvalue weighted by atomic mass is 19.1. The van der Waals surface area contributed by atoms with E-state index in [4.69, 9.17) is 9.47 Å². The van der Waals surface area contributed by atoms with Gasteiger partial charge in [0.1, 0.15) is 23.1 Å². The number of para-hydroxylation sites is 1. The molecule has 0 saturated carbocycles. The second-order valence-corrected chi connectivity index (χ2v) is 7.58. The molecule has 0 saturated heterocycles. The summed E-state index contributed by atoms with van der Waals surface area (Å²) in [6.45, 7) is 6.66. The van der Waals surface area contributed by atoms with Crippen molar-refractivity contribution in [1.29, 1.82) is 0 Å². The van der Waals surface area contributed by atoms with Crippen molar-refractivity contribution in [3.8, 4) is 17.2 Å². The molecule has 3 aromatic rings. The summed E-state index contributed by atoms with van der Waals surface area (Å²) in [4.78, 5) is 0. The van der Waals surface area contributed by atoms with E-state index < -0.39 is 0 Å². The minimum absolute atomic E-state index is 0.108. The van der Waals surface area contributed by atoms with Gasteiger partial charge in [0, 0.05) is 5.92 Å². The van der Waals surface area contributed by atoms with Gasteiger partial charge in [0.25, 0.3) is 0 Å². The lowest BCUT2D eigenvalue weighted by atomic mass is 9.86. The zero-order valence-corrected chi connectivity index (χ0v) is 17.8. The van der Waals surface area contributed by atoms with Crippen LogP contribution in [0.3, 0.4) is 0 Å². The van der Waals surface area contributed by atoms with E-state index in [9.17, 15) is 0 Å². The molecule has 1 atom stereocenters. The Kier molecular flexibility index (Phi) is 7.67. The fraction of sp³-hybridized carbons (Fsp3) is 0.259. The summed E-state index contributed by atoms with van der Waals surface area (Å²) >= 11 is 0. The molecule has 0 radical (unpaired) electrons. The molecule has 0 amide bonds. The van der Waals surface area contributed by atoms with Crippen LogP contribution in [0.15, 0.2) is 90.8 Å². The number of hydrogen-bond acceptors (Lipinski definition) is 2. The number of hydrogen-bond donors (Lipinski definition) is 0. The molecule has 0 spiro atoms. The quantitative estimate of drug-likeness (QED) is 0.363. The summed E-state index contributed by atoms with van der Waals surface area (Å²) in [5.74, 6) is 2.11. The normalized spacial score (nSPS) is 12.6. The van der Waals surface area contributed by atoms with Crippen molar-refractivity contribution >= 4 is 0 Å². The Hall–Kier alpha value is -3.07. The fourth-order valence-corrected chi connectivity index (χ4v) is 3.50. The summed E-state index contributed by atoms with van der Waals surface area (Å²) < 4.78 is 26.6. The van der Waals surface area contributed by atoms with Crippen LogP contribution in [0.4, 0.5) is 4.39 Å². The molecule has 3 aromatic carbocycles. The molecule has 156 valence electrons. The van der Waals surface area contributed by atoms with Gasteiger partial charge >= 0.3 is 0 Å². The monoisotopic (exact) mass is 404 g/mol. The van der Waals surface area contributed by atoms with Crippen LogP contribution in [0.5, 0.6) is 17.2 Å². The van der Waals surface area contributed by atoms with E-state index in [1.165, 1.54) is 0 Å². The van der Waals surface area contributed by atoms with Gasteiger partial charge in [-0.15, -0.1) is 0 Å². The van der Waals surface area contributed by atoms with Gasteiger partial charge in [-0.3, -0.25) is 0 Å². The van der Waals surface area contributed by atoms with Gasteiger partial charge in [0.05, 0.1) is 6.61 Å². The minimum atomic E-state index is -0.274. The highest BCUT2D eigenvalue weighted by Crippen LogP contribution is 2.34. The maximum absolute atomic E-state index is 15.2. The molecule has 0 aliphatic carbocycles. The Morgan fingerprint density at radius 1 is 0.867 bits per heavy atom. The zero-order valence-electron chi connectivity index (χ0n) is 17.8. The minimum Gasteiger partial charge on any atom is -0.494 e. The van der Waals surface area contributed by atoms with E-state index in [1.54, 1.807) is 6.08 Å². The molecule has 3 heteroatoms. The summed E-state index contributed by atoms with van der Waals surface area (Å²) in [6, 6.07) is 25.2. The molecule has 0 unspecified atom stereocenters. The molecule has 0 heterocycles. The van der Waals surface area contributed by atoms with Crippen molar-refractivity contribution in [2.24, 2.45) is 5.92 Å². The Morgan fingerprint density at radius 3 is 2.23 bits per heavy atom. The van der Waals surface area contributed by atoms with Crippen molar-refractivity contribution in [1.82, 2.24) is 0 Å². The molecule has 0 aromatic heterocycles. The molecular weight excluding hydrogens is 375 g/mol. The second kappa shape index (κ2) is 10.6. The summed E-state index contributed by atoms with van der Waals surface area (Å²) in [7, 11) is 0. The van der Waals surface area contributed by atoms with Crippen LogP contribution in [-0.4, -0.2) is 6.61 Å². The second-order valence-electron chi connectivity index (χ2n) is 7.58. The van der Waals surface area contributed by atoms with Crippen LogP contribution < -0.4 is 9.47 Å². The zero-order chi connectivity index (χ0) is 21.3. The average molecular weight is 405 g/mol. The molecule has 0 aliphatic heterocycles. The summed E-state index contributed by atoms with van der Waals surface area (Å²) in [5, 5.41) is 0. The summed E-state index contributed by atoms with van der Waals surface area (Å²) in [6.07, 6.45) is 2.20. The maximum atomic E-state index is 15.2. The largest absolute Gasteiger partial charge is 0.494 e. The predicted molar refractivity (Wildman–Crippen MR) is 121 cm³/mol. The number of rotatable bonds is 9. The van der Waals surface area contributed by atoms with Gasteiger partial charge in [-0.1, -0.05) is 56.3 Å². The molecule has 0 aliphatic rings. The SMILES string of the molecule is CCOc1ccc([C@H](C(F)=CCc2cccc(Oc3ccccc3)c2)C(C)C)cc1. The average Bonchev–Trinajstić information content (AvgIpc) is 2.75.